The highest BCUT2D eigenvalue weighted by atomic mass is 35.5. The Morgan fingerprint density at radius 3 is 2.42 bits per heavy atom. The molecule has 33 heavy (non-hydrogen) atoms. The number of Topliss-reactive ketones (excluding diaryl/α,β-unsaturated/α-hetero) is 1. The quantitative estimate of drug-likeness (QED) is 0.184. The van der Waals surface area contributed by atoms with E-state index in [-0.39, 0.29) is 16.4 Å². The largest absolute Gasteiger partial charge is 0.465 e. The summed E-state index contributed by atoms with van der Waals surface area (Å²) in [5.74, 6) is -0.642. The van der Waals surface area contributed by atoms with Gasteiger partial charge in [-0.1, -0.05) is 42.8 Å². The Bertz CT molecular complexity index is 1490. The van der Waals surface area contributed by atoms with Crippen molar-refractivity contribution in [2.24, 2.45) is 0 Å². The number of halogens is 2. The maximum atomic E-state index is 14.6. The molecule has 0 aliphatic carbocycles. The van der Waals surface area contributed by atoms with Crippen LogP contribution >= 0.6 is 11.6 Å². The number of H-pyrrole nitrogens is 1. The van der Waals surface area contributed by atoms with Crippen LogP contribution in [0.25, 0.3) is 44.0 Å². The van der Waals surface area contributed by atoms with Crippen molar-refractivity contribution in [3.8, 4) is 11.4 Å². The van der Waals surface area contributed by atoms with E-state index in [4.69, 9.17) is 21.3 Å². The Labute approximate surface area is 193 Å². The van der Waals surface area contributed by atoms with Crippen molar-refractivity contribution in [2.75, 3.05) is 7.11 Å². The summed E-state index contributed by atoms with van der Waals surface area (Å²) in [6.07, 6.45) is 0.372. The predicted octanol–water partition coefficient (Wildman–Crippen LogP) is 6.71. The smallest absolute Gasteiger partial charge is 0.337 e. The molecule has 0 amide bonds. The van der Waals surface area contributed by atoms with Crippen molar-refractivity contribution in [3.05, 3.63) is 76.6 Å². The Kier molecular flexibility index (Phi) is 5.10. The number of aromatic nitrogens is 2. The van der Waals surface area contributed by atoms with Crippen LogP contribution < -0.4 is 0 Å². The van der Waals surface area contributed by atoms with Gasteiger partial charge in [-0.3, -0.25) is 4.79 Å². The average molecular weight is 461 g/mol. The molecule has 0 spiro atoms. The molecular formula is C26H18ClFN2O3. The third-order valence-corrected chi connectivity index (χ3v) is 6.14. The minimum Gasteiger partial charge on any atom is -0.465 e. The molecule has 5 nitrogen and oxygen atoms in total. The van der Waals surface area contributed by atoms with Crippen LogP contribution in [0.4, 0.5) is 4.39 Å². The van der Waals surface area contributed by atoms with Crippen molar-refractivity contribution >= 4 is 55.9 Å². The minimum absolute atomic E-state index is 0.00937. The molecule has 0 aliphatic rings. The zero-order valence-corrected chi connectivity index (χ0v) is 18.6. The summed E-state index contributed by atoms with van der Waals surface area (Å²) in [5, 5.41) is 3.30. The van der Waals surface area contributed by atoms with Crippen molar-refractivity contribution in [1.29, 1.82) is 0 Å². The lowest BCUT2D eigenvalue weighted by Gasteiger charge is -2.09. The fraction of sp³-hybridized carbons (Fsp3) is 0.115. The van der Waals surface area contributed by atoms with E-state index in [1.807, 2.05) is 12.1 Å². The summed E-state index contributed by atoms with van der Waals surface area (Å²) in [7, 11) is 1.32. The van der Waals surface area contributed by atoms with Crippen molar-refractivity contribution in [1.82, 2.24) is 9.97 Å². The van der Waals surface area contributed by atoms with E-state index in [9.17, 15) is 14.0 Å². The lowest BCUT2D eigenvalue weighted by molar-refractivity contribution is 0.0600. The number of methoxy groups -OCH3 is 1. The number of fused-ring (bicyclic) bond motifs is 6. The van der Waals surface area contributed by atoms with Crippen LogP contribution in [-0.4, -0.2) is 28.8 Å². The Balaban J connectivity index is 1.91. The monoisotopic (exact) mass is 460 g/mol. The van der Waals surface area contributed by atoms with Crippen LogP contribution in [0.15, 0.2) is 54.6 Å². The molecule has 164 valence electrons. The average Bonchev–Trinajstić information content (AvgIpc) is 3.27. The first kappa shape index (κ1) is 21.1. The molecule has 0 saturated heterocycles. The Morgan fingerprint density at radius 1 is 1.00 bits per heavy atom. The summed E-state index contributed by atoms with van der Waals surface area (Å²) in [6.45, 7) is 1.81. The highest BCUT2D eigenvalue weighted by Gasteiger charge is 2.19. The number of imidazole rings is 1. The molecule has 0 aliphatic heterocycles. The number of hydrogen-bond acceptors (Lipinski definition) is 4. The number of nitrogens with one attached hydrogen (secondary N) is 1. The van der Waals surface area contributed by atoms with Gasteiger partial charge in [-0.15, -0.1) is 0 Å². The summed E-state index contributed by atoms with van der Waals surface area (Å²) in [5.41, 5.74) is 2.43. The van der Waals surface area contributed by atoms with Gasteiger partial charge in [-0.05, 0) is 41.1 Å². The number of esters is 1. The number of ketones is 1. The SMILES string of the molecule is CCC(=O)c1ccc2c(c1)c1cc(C(=O)OC)ccc1c1[nH]c(-c3c(F)cccc3Cl)nc21. The molecular weight excluding hydrogens is 443 g/mol. The maximum Gasteiger partial charge on any atom is 0.337 e. The zero-order valence-electron chi connectivity index (χ0n) is 17.8. The number of nitrogens with zero attached hydrogens (tertiary/aromatic N) is 1. The summed E-state index contributed by atoms with van der Waals surface area (Å²) >= 11 is 6.28. The number of hydrogen-bond donors (Lipinski definition) is 1. The van der Waals surface area contributed by atoms with Crippen molar-refractivity contribution in [3.63, 3.8) is 0 Å². The molecule has 7 heteroatoms. The second kappa shape index (κ2) is 7.98. The fourth-order valence-corrected chi connectivity index (χ4v) is 4.44. The van der Waals surface area contributed by atoms with Gasteiger partial charge in [0.2, 0.25) is 0 Å². The molecule has 5 rings (SSSR count). The van der Waals surface area contributed by atoms with Crippen LogP contribution in [0.1, 0.15) is 34.1 Å². The second-order valence-corrected chi connectivity index (χ2v) is 8.10. The highest BCUT2D eigenvalue weighted by molar-refractivity contribution is 6.33. The van der Waals surface area contributed by atoms with Crippen LogP contribution in [0.5, 0.6) is 0 Å². The summed E-state index contributed by atoms with van der Waals surface area (Å²) < 4.78 is 19.5. The molecule has 0 radical (unpaired) electrons. The van der Waals surface area contributed by atoms with Crippen molar-refractivity contribution < 1.29 is 18.7 Å². The van der Waals surface area contributed by atoms with Crippen LogP contribution in [0.3, 0.4) is 0 Å². The molecule has 1 aromatic heterocycles. The van der Waals surface area contributed by atoms with Gasteiger partial charge in [-0.25, -0.2) is 14.2 Å². The second-order valence-electron chi connectivity index (χ2n) is 7.69. The lowest BCUT2D eigenvalue weighted by atomic mass is 9.95. The predicted molar refractivity (Wildman–Crippen MR) is 127 cm³/mol. The zero-order chi connectivity index (χ0) is 23.3. The van der Waals surface area contributed by atoms with Crippen molar-refractivity contribution in [2.45, 2.75) is 13.3 Å². The highest BCUT2D eigenvalue weighted by Crippen LogP contribution is 2.38. The number of carbonyl (C=O) groups excluding carboxylic acids is 2. The van der Waals surface area contributed by atoms with E-state index in [1.54, 1.807) is 37.3 Å². The van der Waals surface area contributed by atoms with Gasteiger partial charge in [0, 0.05) is 22.8 Å². The molecule has 0 atom stereocenters. The molecule has 0 bridgehead atoms. The van der Waals surface area contributed by atoms with Crippen LogP contribution in [0.2, 0.25) is 5.02 Å². The van der Waals surface area contributed by atoms with Crippen LogP contribution in [-0.2, 0) is 4.74 Å². The van der Waals surface area contributed by atoms with E-state index in [0.717, 1.165) is 21.5 Å². The van der Waals surface area contributed by atoms with E-state index in [1.165, 1.54) is 19.2 Å². The maximum absolute atomic E-state index is 14.6. The van der Waals surface area contributed by atoms with Gasteiger partial charge in [-0.2, -0.15) is 0 Å². The molecule has 1 N–H and O–H groups in total. The molecule has 0 unspecified atom stereocenters. The topological polar surface area (TPSA) is 72.1 Å². The van der Waals surface area contributed by atoms with E-state index in [2.05, 4.69) is 4.98 Å². The summed E-state index contributed by atoms with van der Waals surface area (Å²) in [4.78, 5) is 32.5. The number of ether oxygens (including phenoxy) is 1. The first-order valence-corrected chi connectivity index (χ1v) is 10.8. The van der Waals surface area contributed by atoms with Gasteiger partial charge in [0.25, 0.3) is 0 Å². The summed E-state index contributed by atoms with van der Waals surface area (Å²) in [6, 6.07) is 15.1. The van der Waals surface area contributed by atoms with E-state index < -0.39 is 11.8 Å². The molecule has 5 aromatic rings. The third-order valence-electron chi connectivity index (χ3n) is 5.82. The van der Waals surface area contributed by atoms with Gasteiger partial charge in [0.05, 0.1) is 34.3 Å². The number of aromatic amines is 1. The van der Waals surface area contributed by atoms with Gasteiger partial charge < -0.3 is 9.72 Å². The van der Waals surface area contributed by atoms with E-state index >= 15 is 0 Å². The number of rotatable bonds is 4. The first-order chi connectivity index (χ1) is 15.9. The van der Waals surface area contributed by atoms with E-state index in [0.29, 0.717) is 34.4 Å². The van der Waals surface area contributed by atoms with Crippen LogP contribution in [0, 0.1) is 5.82 Å². The molecule has 1 heterocycles. The molecule has 4 aromatic carbocycles. The number of carbonyl (C=O) groups is 2. The Morgan fingerprint density at radius 2 is 1.70 bits per heavy atom. The lowest BCUT2D eigenvalue weighted by Crippen LogP contribution is -2.01. The number of benzene rings is 4. The third kappa shape index (κ3) is 3.34. The van der Waals surface area contributed by atoms with Gasteiger partial charge in [0.15, 0.2) is 5.78 Å². The van der Waals surface area contributed by atoms with Gasteiger partial charge in [0.1, 0.15) is 11.6 Å². The normalized spacial score (nSPS) is 11.4. The molecule has 0 saturated carbocycles. The van der Waals surface area contributed by atoms with Gasteiger partial charge >= 0.3 is 5.97 Å². The Hall–Kier alpha value is -3.77. The first-order valence-electron chi connectivity index (χ1n) is 10.4. The molecule has 0 fully saturated rings. The fourth-order valence-electron chi connectivity index (χ4n) is 4.19. The minimum atomic E-state index is -0.487. The standard InChI is InChI=1S/C26H18ClFN2O3/c1-3-21(31)13-7-9-15-17(11-13)18-12-14(26(32)33-2)8-10-16(18)24-23(15)29-25(30-24)22-19(27)5-4-6-20(22)28/h4-12H,3H2,1-2H3,(H,29,30).